The zero-order valence-electron chi connectivity index (χ0n) is 28.4. The van der Waals surface area contributed by atoms with Crippen molar-refractivity contribution in [3.05, 3.63) is 88.9 Å². The van der Waals surface area contributed by atoms with Crippen LogP contribution < -0.4 is 10.6 Å². The summed E-state index contributed by atoms with van der Waals surface area (Å²) in [7, 11) is -6.36. The van der Waals surface area contributed by atoms with Gasteiger partial charge in [-0.05, 0) is 93.0 Å². The third kappa shape index (κ3) is 9.23. The maximum atomic E-state index is 11.6. The van der Waals surface area contributed by atoms with Crippen LogP contribution in [0.2, 0.25) is 0 Å². The summed E-state index contributed by atoms with van der Waals surface area (Å²) in [6.07, 6.45) is 7.84. The van der Waals surface area contributed by atoms with Crippen LogP contribution in [0.25, 0.3) is 48.8 Å². The van der Waals surface area contributed by atoms with E-state index >= 15 is 0 Å². The molecule has 0 aliphatic carbocycles. The molecule has 0 atom stereocenters. The van der Waals surface area contributed by atoms with Crippen molar-refractivity contribution in [2.45, 2.75) is 35.0 Å². The van der Waals surface area contributed by atoms with Crippen molar-refractivity contribution in [1.29, 1.82) is 0 Å². The first-order valence-corrected chi connectivity index (χ1v) is 21.7. The lowest BCUT2D eigenvalue weighted by molar-refractivity contribution is 0.459. The molecule has 6 heterocycles. The molecule has 0 spiro atoms. The van der Waals surface area contributed by atoms with Crippen LogP contribution in [0.4, 0.5) is 0 Å². The molecule has 2 aliphatic rings. The Kier molecular flexibility index (Phi) is 12.9. The first kappa shape index (κ1) is 39.9. The molecule has 0 unspecified atom stereocenters. The lowest BCUT2D eigenvalue weighted by Crippen LogP contribution is -2.26. The molecule has 0 bridgehead atoms. The van der Waals surface area contributed by atoms with E-state index in [4.69, 9.17) is 19.9 Å². The minimum atomic E-state index is -3.19. The predicted molar refractivity (Wildman–Crippen MR) is 217 cm³/mol. The summed E-state index contributed by atoms with van der Waals surface area (Å²) < 4.78 is 46.3. The van der Waals surface area contributed by atoms with Crippen LogP contribution in [0.3, 0.4) is 0 Å². The number of nitrogens with one attached hydrogen (secondary N) is 2. The Morgan fingerprint density at radius 1 is 0.615 bits per heavy atom. The minimum absolute atomic E-state index is 0. The first-order chi connectivity index (χ1) is 24.0. The van der Waals surface area contributed by atoms with E-state index in [0.717, 1.165) is 93.7 Å². The van der Waals surface area contributed by atoms with Gasteiger partial charge in [0.15, 0.2) is 19.7 Å². The van der Waals surface area contributed by atoms with Gasteiger partial charge in [0.05, 0.1) is 26.2 Å². The van der Waals surface area contributed by atoms with E-state index in [0.29, 0.717) is 15.7 Å². The molecule has 10 nitrogen and oxygen atoms in total. The highest BCUT2D eigenvalue weighted by molar-refractivity contribution is 7.91. The van der Waals surface area contributed by atoms with Crippen LogP contribution in [0.15, 0.2) is 88.7 Å². The van der Waals surface area contributed by atoms with Gasteiger partial charge in [0.25, 0.3) is 0 Å². The van der Waals surface area contributed by atoms with E-state index in [1.165, 1.54) is 23.1 Å². The van der Waals surface area contributed by atoms with Gasteiger partial charge in [-0.15, -0.1) is 24.8 Å². The second-order valence-corrected chi connectivity index (χ2v) is 18.4. The molecule has 2 aromatic carbocycles. The van der Waals surface area contributed by atoms with Gasteiger partial charge >= 0.3 is 0 Å². The molecule has 0 amide bonds. The molecule has 0 saturated carbocycles. The number of aromatic nitrogens is 4. The number of sulfone groups is 2. The molecule has 0 radical (unpaired) electrons. The molecule has 52 heavy (non-hydrogen) atoms. The molecule has 2 aliphatic heterocycles. The first-order valence-electron chi connectivity index (χ1n) is 16.3. The average Bonchev–Trinajstić information content (AvgIpc) is 3.76. The van der Waals surface area contributed by atoms with Gasteiger partial charge in [0, 0.05) is 36.1 Å². The lowest BCUT2D eigenvalue weighted by Gasteiger charge is -2.20. The third-order valence-electron chi connectivity index (χ3n) is 8.71. The molecular weight excluding hydrogens is 780 g/mol. The van der Waals surface area contributed by atoms with Crippen LogP contribution in [0, 0.1) is 0 Å². The summed E-state index contributed by atoms with van der Waals surface area (Å²) in [5.74, 6) is 0.526. The third-order valence-corrected chi connectivity index (χ3v) is 13.1. The van der Waals surface area contributed by atoms with Crippen molar-refractivity contribution in [1.82, 2.24) is 30.6 Å². The number of nitrogens with zero attached hydrogens (tertiary/aromatic N) is 4. The molecule has 4 aromatic heterocycles. The summed E-state index contributed by atoms with van der Waals surface area (Å²) in [6.45, 7) is 3.96. The smallest absolute Gasteiger partial charge is 0.175 e. The highest BCUT2D eigenvalue weighted by Gasteiger charge is 2.20. The zero-order valence-corrected chi connectivity index (χ0v) is 33.3. The highest BCUT2D eigenvalue weighted by Crippen LogP contribution is 2.33. The number of thiazole rings is 2. The summed E-state index contributed by atoms with van der Waals surface area (Å²) in [4.78, 5) is 21.4. The maximum absolute atomic E-state index is 11.6. The fraction of sp³-hybridized carbons (Fsp3) is 0.278. The van der Waals surface area contributed by atoms with E-state index in [9.17, 15) is 16.8 Å². The van der Waals surface area contributed by atoms with Crippen LogP contribution in [0.1, 0.15) is 35.2 Å². The highest BCUT2D eigenvalue weighted by atomic mass is 35.5. The number of rotatable bonds is 6. The second-order valence-electron chi connectivity index (χ2n) is 12.4. The molecule has 16 heteroatoms. The van der Waals surface area contributed by atoms with Gasteiger partial charge in [0.2, 0.25) is 0 Å². The molecule has 2 N–H and O–H groups in total. The molecule has 6 aromatic rings. The Bertz CT molecular complexity index is 2430. The second kappa shape index (κ2) is 16.8. The molecular formula is C36H38Cl2N6O4S4. The number of benzene rings is 2. The van der Waals surface area contributed by atoms with E-state index in [1.807, 2.05) is 24.3 Å². The maximum Gasteiger partial charge on any atom is 0.175 e. The fourth-order valence-corrected chi connectivity index (χ4v) is 9.29. The largest absolute Gasteiger partial charge is 0.317 e. The summed E-state index contributed by atoms with van der Waals surface area (Å²) in [6, 6.07) is 21.5. The quantitative estimate of drug-likeness (QED) is 0.177. The van der Waals surface area contributed by atoms with E-state index in [1.54, 1.807) is 71.2 Å². The normalized spacial score (nSPS) is 15.2. The van der Waals surface area contributed by atoms with Crippen LogP contribution in [-0.2, 0) is 19.7 Å². The van der Waals surface area contributed by atoms with E-state index in [-0.39, 0.29) is 24.8 Å². The number of piperidine rings is 1. The standard InChI is InChI=1S/C18H19N3O2S2.C18H17N3O2S2.2ClH/c2*1-25(22,23)14-4-2-12(3-5-14)15-6-7-16-18(20-15)24-17(21-16)13-8-10-19-11-9-13;;/h2-7,13,19H,8-11H2,1H3;2-8,19H,9-11H2,1H3;2*1H. The Balaban J connectivity index is 0.000000194. The van der Waals surface area contributed by atoms with Crippen LogP contribution in [-0.4, -0.2) is 75.5 Å². The topological polar surface area (TPSA) is 144 Å². The number of fused-ring (bicyclic) bond motifs is 2. The van der Waals surface area contributed by atoms with Crippen molar-refractivity contribution in [2.75, 3.05) is 38.7 Å². The molecule has 274 valence electrons. The Hall–Kier alpha value is -3.34. The molecule has 1 fully saturated rings. The Morgan fingerprint density at radius 3 is 1.63 bits per heavy atom. The van der Waals surface area contributed by atoms with Gasteiger partial charge in [-0.25, -0.2) is 36.8 Å². The van der Waals surface area contributed by atoms with Crippen molar-refractivity contribution >= 4 is 93.4 Å². The zero-order chi connectivity index (χ0) is 34.9. The van der Waals surface area contributed by atoms with Gasteiger partial charge < -0.3 is 10.6 Å². The number of hydrogen-bond donors (Lipinski definition) is 2. The number of halogens is 2. The van der Waals surface area contributed by atoms with E-state index < -0.39 is 19.7 Å². The van der Waals surface area contributed by atoms with Crippen molar-refractivity contribution in [2.24, 2.45) is 0 Å². The minimum Gasteiger partial charge on any atom is -0.317 e. The van der Waals surface area contributed by atoms with Gasteiger partial charge in [-0.2, -0.15) is 0 Å². The van der Waals surface area contributed by atoms with Crippen molar-refractivity contribution in [3.63, 3.8) is 0 Å². The summed E-state index contributed by atoms with van der Waals surface area (Å²) in [5, 5.41) is 8.90. The Labute approximate surface area is 323 Å². The molecule has 8 rings (SSSR count). The van der Waals surface area contributed by atoms with Crippen LogP contribution in [0.5, 0.6) is 0 Å². The SMILES string of the molecule is CS(=O)(=O)c1ccc(-c2ccc3nc(C4=CCNCC4)sc3n2)cc1.CS(=O)(=O)c1ccc(-c2ccc3nc(C4CCNCC4)sc3n2)cc1.Cl.Cl. The summed E-state index contributed by atoms with van der Waals surface area (Å²) >= 11 is 3.28. The fourth-order valence-electron chi connectivity index (χ4n) is 5.92. The number of pyridine rings is 2. The summed E-state index contributed by atoms with van der Waals surface area (Å²) in [5.41, 5.74) is 6.58. The predicted octanol–water partition coefficient (Wildman–Crippen LogP) is 7.21. The van der Waals surface area contributed by atoms with E-state index in [2.05, 4.69) is 16.7 Å². The lowest BCUT2D eigenvalue weighted by atomic mass is 9.99. The van der Waals surface area contributed by atoms with Gasteiger partial charge in [-0.3, -0.25) is 0 Å². The van der Waals surface area contributed by atoms with Crippen molar-refractivity contribution in [3.8, 4) is 22.5 Å². The monoisotopic (exact) mass is 816 g/mol. The van der Waals surface area contributed by atoms with Gasteiger partial charge in [0.1, 0.15) is 25.7 Å². The molecule has 1 saturated heterocycles. The van der Waals surface area contributed by atoms with Crippen LogP contribution >= 0.6 is 47.5 Å². The average molecular weight is 818 g/mol. The Morgan fingerprint density at radius 2 is 1.13 bits per heavy atom. The van der Waals surface area contributed by atoms with Crippen molar-refractivity contribution < 1.29 is 16.8 Å². The number of hydrogen-bond acceptors (Lipinski definition) is 12. The van der Waals surface area contributed by atoms with Gasteiger partial charge in [-0.1, -0.05) is 53.0 Å².